The highest BCUT2D eigenvalue weighted by Gasteiger charge is 2.06. The van der Waals surface area contributed by atoms with E-state index in [1.165, 1.54) is 5.56 Å². The lowest BCUT2D eigenvalue weighted by molar-refractivity contribution is 1.07. The van der Waals surface area contributed by atoms with Gasteiger partial charge < -0.3 is 6.15 Å². The molecule has 18 heavy (non-hydrogen) atoms. The van der Waals surface area contributed by atoms with Crippen LogP contribution in [0.4, 0.5) is 0 Å². The Balaban J connectivity index is 0.00000162. The molecule has 0 aliphatic heterocycles. The lowest BCUT2D eigenvalue weighted by Crippen LogP contribution is -1.97. The van der Waals surface area contributed by atoms with Gasteiger partial charge in [-0.2, -0.15) is 0 Å². The molecule has 0 saturated heterocycles. The minimum atomic E-state index is 0. The van der Waals surface area contributed by atoms with E-state index in [0.717, 1.165) is 33.9 Å². The third-order valence-corrected chi connectivity index (χ3v) is 3.37. The molecule has 2 nitrogen and oxygen atoms in total. The van der Waals surface area contributed by atoms with E-state index in [-0.39, 0.29) is 6.15 Å². The van der Waals surface area contributed by atoms with Gasteiger partial charge in [0, 0.05) is 22.0 Å². The van der Waals surface area contributed by atoms with Crippen molar-refractivity contribution in [2.24, 2.45) is 0 Å². The van der Waals surface area contributed by atoms with Gasteiger partial charge in [-0.3, -0.25) is 4.98 Å². The van der Waals surface area contributed by atoms with E-state index in [9.17, 15) is 0 Å². The number of fused-ring (bicyclic) bond motifs is 1. The van der Waals surface area contributed by atoms with Crippen molar-refractivity contribution in [3.8, 4) is 0 Å². The zero-order valence-electron chi connectivity index (χ0n) is 10.3. The molecule has 2 rings (SSSR count). The smallest absolute Gasteiger partial charge is 0.0717 e. The monoisotopic (exact) mass is 304 g/mol. The Morgan fingerprint density at radius 2 is 1.89 bits per heavy atom. The fraction of sp³-hybridized carbons (Fsp3) is 0.133. The van der Waals surface area contributed by atoms with Gasteiger partial charge in [-0.25, -0.2) is 0 Å². The minimum Gasteiger partial charge on any atom is -0.344 e. The van der Waals surface area contributed by atoms with Crippen LogP contribution in [0.15, 0.2) is 54.0 Å². The van der Waals surface area contributed by atoms with Crippen molar-refractivity contribution >= 4 is 26.8 Å². The van der Waals surface area contributed by atoms with Crippen molar-refractivity contribution < 1.29 is 0 Å². The van der Waals surface area contributed by atoms with E-state index in [1.807, 2.05) is 30.4 Å². The highest BCUT2D eigenvalue weighted by Crippen LogP contribution is 2.25. The molecule has 0 saturated carbocycles. The van der Waals surface area contributed by atoms with Gasteiger partial charge in [-0.1, -0.05) is 34.1 Å². The third-order valence-electron chi connectivity index (χ3n) is 2.68. The number of hydrogen-bond acceptors (Lipinski definition) is 2. The normalized spacial score (nSPS) is 9.83. The first-order valence-electron chi connectivity index (χ1n) is 5.55. The number of rotatable bonds is 4. The van der Waals surface area contributed by atoms with Crippen LogP contribution >= 0.6 is 15.9 Å². The Hall–Kier alpha value is -1.45. The van der Waals surface area contributed by atoms with E-state index in [0.29, 0.717) is 0 Å². The molecule has 0 bridgehead atoms. The van der Waals surface area contributed by atoms with E-state index in [4.69, 9.17) is 4.98 Å². The van der Waals surface area contributed by atoms with Gasteiger partial charge in [-0.15, -0.1) is 13.2 Å². The number of halogens is 1. The van der Waals surface area contributed by atoms with E-state index in [1.54, 1.807) is 0 Å². The number of benzene rings is 1. The van der Waals surface area contributed by atoms with Gasteiger partial charge >= 0.3 is 0 Å². The second kappa shape index (κ2) is 6.47. The summed E-state index contributed by atoms with van der Waals surface area (Å²) in [6.45, 7) is 7.57. The van der Waals surface area contributed by atoms with Crippen LogP contribution in [-0.2, 0) is 12.8 Å². The van der Waals surface area contributed by atoms with Crippen molar-refractivity contribution in [1.29, 1.82) is 0 Å². The Kier molecular flexibility index (Phi) is 5.25. The Morgan fingerprint density at radius 3 is 2.56 bits per heavy atom. The Labute approximate surface area is 116 Å². The number of hydrogen-bond donors (Lipinski definition) is 1. The Bertz CT molecular complexity index is 576. The summed E-state index contributed by atoms with van der Waals surface area (Å²) >= 11 is 3.56. The van der Waals surface area contributed by atoms with Crippen molar-refractivity contribution in [3.63, 3.8) is 0 Å². The molecule has 0 aliphatic carbocycles. The summed E-state index contributed by atoms with van der Waals surface area (Å²) in [5.74, 6) is 0. The van der Waals surface area contributed by atoms with Crippen molar-refractivity contribution in [1.82, 2.24) is 11.1 Å². The quantitative estimate of drug-likeness (QED) is 0.838. The molecule has 3 N–H and O–H groups in total. The van der Waals surface area contributed by atoms with Gasteiger partial charge in [0.2, 0.25) is 0 Å². The predicted octanol–water partition coefficient (Wildman–Crippen LogP) is 4.62. The zero-order valence-corrected chi connectivity index (χ0v) is 11.9. The molecule has 94 valence electrons. The molecule has 0 aliphatic rings. The molecule has 0 radical (unpaired) electrons. The fourth-order valence-corrected chi connectivity index (χ4v) is 2.36. The van der Waals surface area contributed by atoms with Crippen LogP contribution in [0.3, 0.4) is 0 Å². The lowest BCUT2D eigenvalue weighted by atomic mass is 10.0. The maximum atomic E-state index is 4.70. The van der Waals surface area contributed by atoms with Gasteiger partial charge in [0.05, 0.1) is 5.52 Å². The molecule has 1 aromatic carbocycles. The van der Waals surface area contributed by atoms with Gasteiger partial charge in [0.1, 0.15) is 0 Å². The van der Waals surface area contributed by atoms with Crippen LogP contribution in [-0.4, -0.2) is 4.98 Å². The molecule has 0 atom stereocenters. The van der Waals surface area contributed by atoms with Crippen LogP contribution in [0.1, 0.15) is 11.3 Å². The summed E-state index contributed by atoms with van der Waals surface area (Å²) in [4.78, 5) is 4.70. The summed E-state index contributed by atoms with van der Waals surface area (Å²) < 4.78 is 1.08. The average Bonchev–Trinajstić information content (AvgIpc) is 2.32. The van der Waals surface area contributed by atoms with Crippen molar-refractivity contribution in [2.75, 3.05) is 0 Å². The molecule has 1 aromatic heterocycles. The van der Waals surface area contributed by atoms with Crippen LogP contribution < -0.4 is 6.15 Å². The predicted molar refractivity (Wildman–Crippen MR) is 82.3 cm³/mol. The van der Waals surface area contributed by atoms with Crippen LogP contribution in [0.2, 0.25) is 0 Å². The first-order chi connectivity index (χ1) is 8.26. The first kappa shape index (κ1) is 14.6. The topological polar surface area (TPSA) is 47.9 Å². The average molecular weight is 305 g/mol. The van der Waals surface area contributed by atoms with E-state index < -0.39 is 0 Å². The van der Waals surface area contributed by atoms with Crippen molar-refractivity contribution in [2.45, 2.75) is 12.8 Å². The maximum Gasteiger partial charge on any atom is 0.0717 e. The lowest BCUT2D eigenvalue weighted by Gasteiger charge is -2.08. The van der Waals surface area contributed by atoms with E-state index in [2.05, 4.69) is 35.2 Å². The third kappa shape index (κ3) is 2.86. The molecule has 0 fully saturated rings. The number of nitrogens with zero attached hydrogens (tertiary/aromatic N) is 1. The standard InChI is InChI=1S/C15H14BrN.H3N/c1-3-6-11-10-12-13(16)8-5-9-15(12)17-14(11)7-4-2;/h3-5,8-10H,1-2,6-7H2;1H3. The first-order valence-corrected chi connectivity index (χ1v) is 6.34. The molecule has 0 amide bonds. The molecule has 3 heteroatoms. The molecular weight excluding hydrogens is 288 g/mol. The molecule has 0 spiro atoms. The molecule has 2 aromatic rings. The minimum absolute atomic E-state index is 0. The molecule has 1 heterocycles. The second-order valence-corrected chi connectivity index (χ2v) is 4.74. The SMILES string of the molecule is C=CCc1cc2c(Br)cccc2nc1CC=C.N. The zero-order chi connectivity index (χ0) is 12.3. The summed E-state index contributed by atoms with van der Waals surface area (Å²) in [7, 11) is 0. The molecule has 0 unspecified atom stereocenters. The summed E-state index contributed by atoms with van der Waals surface area (Å²) in [6, 6.07) is 8.26. The van der Waals surface area contributed by atoms with Gasteiger partial charge in [0.15, 0.2) is 0 Å². The highest BCUT2D eigenvalue weighted by atomic mass is 79.9. The van der Waals surface area contributed by atoms with Gasteiger partial charge in [0.25, 0.3) is 0 Å². The fourth-order valence-electron chi connectivity index (χ4n) is 1.89. The summed E-state index contributed by atoms with van der Waals surface area (Å²) in [5, 5.41) is 1.15. The maximum absolute atomic E-state index is 4.70. The van der Waals surface area contributed by atoms with Crippen LogP contribution in [0.5, 0.6) is 0 Å². The number of aromatic nitrogens is 1. The van der Waals surface area contributed by atoms with Gasteiger partial charge in [-0.05, 0) is 30.2 Å². The Morgan fingerprint density at radius 1 is 1.17 bits per heavy atom. The number of allylic oxidation sites excluding steroid dienone is 2. The summed E-state index contributed by atoms with van der Waals surface area (Å²) in [6.07, 6.45) is 5.43. The second-order valence-electron chi connectivity index (χ2n) is 3.89. The van der Waals surface area contributed by atoms with E-state index >= 15 is 0 Å². The number of pyridine rings is 1. The summed E-state index contributed by atoms with van der Waals surface area (Å²) in [5.41, 5.74) is 3.33. The highest BCUT2D eigenvalue weighted by molar-refractivity contribution is 9.10. The van der Waals surface area contributed by atoms with Crippen LogP contribution in [0.25, 0.3) is 10.9 Å². The largest absolute Gasteiger partial charge is 0.344 e. The van der Waals surface area contributed by atoms with Crippen molar-refractivity contribution in [3.05, 3.63) is 65.3 Å². The molecular formula is C15H17BrN2. The van der Waals surface area contributed by atoms with Crippen LogP contribution in [0, 0.1) is 0 Å².